The molecular weight excluding hydrogens is 296 g/mol. The Morgan fingerprint density at radius 2 is 1.08 bits per heavy atom. The third kappa shape index (κ3) is 19.9. The second kappa shape index (κ2) is 20.9. The van der Waals surface area contributed by atoms with Crippen LogP contribution in [0.1, 0.15) is 110 Å². The van der Waals surface area contributed by atoms with Gasteiger partial charge in [0.1, 0.15) is 0 Å². The molecule has 0 bridgehead atoms. The molecule has 3 heteroatoms. The summed E-state index contributed by atoms with van der Waals surface area (Å²) in [5, 5.41) is 0. The lowest BCUT2D eigenvalue weighted by atomic mass is 10.0. The summed E-state index contributed by atoms with van der Waals surface area (Å²) in [6.07, 6.45) is 21.2. The highest BCUT2D eigenvalue weighted by molar-refractivity contribution is 4.61. The molecule has 24 heavy (non-hydrogen) atoms. The zero-order valence-electron chi connectivity index (χ0n) is 16.6. The van der Waals surface area contributed by atoms with E-state index in [-0.39, 0.29) is 6.04 Å². The Morgan fingerprint density at radius 3 is 1.58 bits per heavy atom. The molecule has 0 saturated heterocycles. The topological polar surface area (TPSA) is 61.3 Å². The monoisotopic (exact) mass is 342 g/mol. The maximum absolute atomic E-state index is 5.92. The number of ether oxygens (including phenoxy) is 1. The number of nitrogens with two attached hydrogens (primary N) is 2. The molecule has 0 radical (unpaired) electrons. The first-order valence-electron chi connectivity index (χ1n) is 10.8. The van der Waals surface area contributed by atoms with Crippen LogP contribution in [-0.4, -0.2) is 25.8 Å². The Bertz CT molecular complexity index is 224. The molecule has 1 unspecified atom stereocenters. The van der Waals surface area contributed by atoms with Crippen LogP contribution in [0.15, 0.2) is 0 Å². The first-order chi connectivity index (χ1) is 11.8. The number of hydrogen-bond donors (Lipinski definition) is 2. The highest BCUT2D eigenvalue weighted by atomic mass is 16.5. The van der Waals surface area contributed by atoms with Crippen LogP contribution in [0, 0.1) is 0 Å². The summed E-state index contributed by atoms with van der Waals surface area (Å²) in [6, 6.07) is 0.259. The average Bonchev–Trinajstić information content (AvgIpc) is 2.58. The van der Waals surface area contributed by atoms with Gasteiger partial charge in [-0.25, -0.2) is 0 Å². The van der Waals surface area contributed by atoms with E-state index in [4.69, 9.17) is 16.2 Å². The summed E-state index contributed by atoms with van der Waals surface area (Å²) in [5.74, 6) is 0. The minimum Gasteiger partial charge on any atom is -0.381 e. The Labute approximate surface area is 152 Å². The smallest absolute Gasteiger partial charge is 0.0466 e. The van der Waals surface area contributed by atoms with Crippen LogP contribution in [0.3, 0.4) is 0 Å². The lowest BCUT2D eigenvalue weighted by Crippen LogP contribution is -2.23. The number of unbranched alkanes of at least 4 members (excludes halogenated alkanes) is 12. The van der Waals surface area contributed by atoms with E-state index in [2.05, 4.69) is 6.92 Å². The molecule has 0 aliphatic carbocycles. The van der Waals surface area contributed by atoms with E-state index in [1.54, 1.807) is 0 Å². The van der Waals surface area contributed by atoms with Gasteiger partial charge in [-0.15, -0.1) is 0 Å². The molecule has 0 fully saturated rings. The van der Waals surface area contributed by atoms with Gasteiger partial charge in [0.2, 0.25) is 0 Å². The molecule has 0 aromatic rings. The molecule has 0 aliphatic rings. The van der Waals surface area contributed by atoms with Crippen molar-refractivity contribution in [2.45, 2.75) is 116 Å². The molecule has 1 atom stereocenters. The van der Waals surface area contributed by atoms with E-state index >= 15 is 0 Å². The molecule has 0 spiro atoms. The van der Waals surface area contributed by atoms with Crippen molar-refractivity contribution in [3.8, 4) is 0 Å². The third-order valence-corrected chi connectivity index (χ3v) is 4.79. The minimum atomic E-state index is 0.259. The SMILES string of the molecule is CCCCCCCCCCCCCCCOCCCC(N)CCN. The predicted octanol–water partition coefficient (Wildman–Crippen LogP) is 5.55. The fourth-order valence-corrected chi connectivity index (χ4v) is 3.13. The Balaban J connectivity index is 3.00. The molecule has 0 amide bonds. The van der Waals surface area contributed by atoms with E-state index in [0.29, 0.717) is 6.54 Å². The zero-order chi connectivity index (χ0) is 17.7. The quantitative estimate of drug-likeness (QED) is 0.285. The summed E-state index contributed by atoms with van der Waals surface area (Å²) in [7, 11) is 0. The summed E-state index contributed by atoms with van der Waals surface area (Å²) >= 11 is 0. The standard InChI is InChI=1S/C21H46N2O/c1-2-3-4-5-6-7-8-9-10-11-12-13-14-19-24-20-15-16-21(23)17-18-22/h21H,2-20,22-23H2,1H3. The molecule has 146 valence electrons. The van der Waals surface area contributed by atoms with Crippen LogP contribution in [0.25, 0.3) is 0 Å². The first-order valence-corrected chi connectivity index (χ1v) is 10.8. The largest absolute Gasteiger partial charge is 0.381 e. The van der Waals surface area contributed by atoms with Gasteiger partial charge in [-0.3, -0.25) is 0 Å². The second-order valence-corrected chi connectivity index (χ2v) is 7.33. The summed E-state index contributed by atoms with van der Waals surface area (Å²) in [5.41, 5.74) is 11.4. The van der Waals surface area contributed by atoms with E-state index < -0.39 is 0 Å². The minimum absolute atomic E-state index is 0.259. The van der Waals surface area contributed by atoms with Crippen LogP contribution in [0.2, 0.25) is 0 Å². The van der Waals surface area contributed by atoms with Gasteiger partial charge in [0, 0.05) is 19.3 Å². The van der Waals surface area contributed by atoms with Gasteiger partial charge in [-0.1, -0.05) is 84.0 Å². The first kappa shape index (κ1) is 23.9. The molecule has 0 rings (SSSR count). The molecule has 0 aromatic carbocycles. The van der Waals surface area contributed by atoms with Crippen LogP contribution < -0.4 is 11.5 Å². The van der Waals surface area contributed by atoms with Crippen LogP contribution in [0.5, 0.6) is 0 Å². The van der Waals surface area contributed by atoms with Crippen molar-refractivity contribution in [3.05, 3.63) is 0 Å². The molecule has 4 N–H and O–H groups in total. The Kier molecular flexibility index (Phi) is 20.8. The van der Waals surface area contributed by atoms with Gasteiger partial charge < -0.3 is 16.2 Å². The predicted molar refractivity (Wildman–Crippen MR) is 107 cm³/mol. The van der Waals surface area contributed by atoms with Gasteiger partial charge in [-0.05, 0) is 32.2 Å². The third-order valence-electron chi connectivity index (χ3n) is 4.79. The number of rotatable bonds is 20. The fourth-order valence-electron chi connectivity index (χ4n) is 3.13. The summed E-state index contributed by atoms with van der Waals surface area (Å²) < 4.78 is 5.68. The lowest BCUT2D eigenvalue weighted by Gasteiger charge is -2.10. The van der Waals surface area contributed by atoms with Gasteiger partial charge in [0.25, 0.3) is 0 Å². The van der Waals surface area contributed by atoms with E-state index in [1.165, 1.54) is 83.5 Å². The van der Waals surface area contributed by atoms with Crippen LogP contribution in [0.4, 0.5) is 0 Å². The molecule has 0 heterocycles. The van der Waals surface area contributed by atoms with Gasteiger partial charge >= 0.3 is 0 Å². The molecular formula is C21H46N2O. The van der Waals surface area contributed by atoms with Gasteiger partial charge in [-0.2, -0.15) is 0 Å². The zero-order valence-corrected chi connectivity index (χ0v) is 16.6. The molecule has 0 aliphatic heterocycles. The maximum Gasteiger partial charge on any atom is 0.0466 e. The van der Waals surface area contributed by atoms with Crippen LogP contribution in [-0.2, 0) is 4.74 Å². The van der Waals surface area contributed by atoms with Crippen LogP contribution >= 0.6 is 0 Å². The summed E-state index contributed by atoms with van der Waals surface area (Å²) in [6.45, 7) is 4.76. The normalized spacial score (nSPS) is 12.6. The summed E-state index contributed by atoms with van der Waals surface area (Å²) in [4.78, 5) is 0. The highest BCUT2D eigenvalue weighted by Crippen LogP contribution is 2.12. The van der Waals surface area contributed by atoms with E-state index in [1.807, 2.05) is 0 Å². The highest BCUT2D eigenvalue weighted by Gasteiger charge is 2.00. The van der Waals surface area contributed by atoms with Crippen molar-refractivity contribution in [1.82, 2.24) is 0 Å². The average molecular weight is 343 g/mol. The fraction of sp³-hybridized carbons (Fsp3) is 1.00. The molecule has 3 nitrogen and oxygen atoms in total. The van der Waals surface area contributed by atoms with Crippen molar-refractivity contribution in [3.63, 3.8) is 0 Å². The van der Waals surface area contributed by atoms with Gasteiger partial charge in [0.05, 0.1) is 0 Å². The lowest BCUT2D eigenvalue weighted by molar-refractivity contribution is 0.124. The second-order valence-electron chi connectivity index (χ2n) is 7.33. The molecule has 0 aromatic heterocycles. The van der Waals surface area contributed by atoms with Gasteiger partial charge in [0.15, 0.2) is 0 Å². The number of hydrogen-bond acceptors (Lipinski definition) is 3. The molecule has 0 saturated carbocycles. The van der Waals surface area contributed by atoms with Crippen molar-refractivity contribution < 1.29 is 4.74 Å². The van der Waals surface area contributed by atoms with E-state index in [9.17, 15) is 0 Å². The van der Waals surface area contributed by atoms with E-state index in [0.717, 1.165) is 32.5 Å². The maximum atomic E-state index is 5.92. The van der Waals surface area contributed by atoms with Crippen molar-refractivity contribution >= 4 is 0 Å². The van der Waals surface area contributed by atoms with Crippen molar-refractivity contribution in [2.24, 2.45) is 11.5 Å². The Morgan fingerprint density at radius 1 is 0.625 bits per heavy atom. The van der Waals surface area contributed by atoms with Crippen molar-refractivity contribution in [1.29, 1.82) is 0 Å². The van der Waals surface area contributed by atoms with Crippen molar-refractivity contribution in [2.75, 3.05) is 19.8 Å². The Hall–Kier alpha value is -0.120.